The molecule has 0 aliphatic heterocycles. The summed E-state index contributed by atoms with van der Waals surface area (Å²) in [5.41, 5.74) is 2.95. The molecule has 2 aromatic carbocycles. The SMILES string of the molecule is O.O=C(O)C(F)(F)F.O=C(O)C(F)(F)F.[Pd].c1ccc2c(c1)c1ccccc1n(C1C3CC4CC(C3)CC1C4)[cH-]n2C1C2CC3CC(C2)CC1C3. The molecule has 8 aliphatic carbocycles. The van der Waals surface area contributed by atoms with Crippen LogP contribution in [0.1, 0.15) is 76.3 Å². The molecule has 14 heteroatoms. The fourth-order valence-electron chi connectivity index (χ4n) is 11.3. The molecule has 284 valence electrons. The van der Waals surface area contributed by atoms with E-state index in [0.717, 1.165) is 47.3 Å². The summed E-state index contributed by atoms with van der Waals surface area (Å²) >= 11 is 0. The average Bonchev–Trinajstić information content (AvgIpc) is 3.15. The molecule has 1 heterocycles. The fraction of sp³-hybridized carbons (Fsp3) is 0.595. The third-order valence-electron chi connectivity index (χ3n) is 12.4. The number of rotatable bonds is 2. The van der Waals surface area contributed by atoms with Crippen LogP contribution in [0.15, 0.2) is 54.9 Å². The predicted octanol–water partition coefficient (Wildman–Crippen LogP) is 8.87. The number of aliphatic carboxylic acids is 2. The van der Waals surface area contributed by atoms with Gasteiger partial charge in [-0.15, -0.1) is 0 Å². The van der Waals surface area contributed by atoms with Crippen molar-refractivity contribution in [3.63, 3.8) is 0 Å². The van der Waals surface area contributed by atoms with Gasteiger partial charge in [0.2, 0.25) is 0 Å². The minimum atomic E-state index is -5.08. The van der Waals surface area contributed by atoms with E-state index >= 15 is 0 Å². The van der Waals surface area contributed by atoms with Crippen molar-refractivity contribution in [3.05, 3.63) is 54.9 Å². The zero-order valence-electron chi connectivity index (χ0n) is 27.7. The first-order valence-corrected chi connectivity index (χ1v) is 17.4. The van der Waals surface area contributed by atoms with Gasteiger partial charge in [0.15, 0.2) is 0 Å². The molecular weight excluding hydrogens is 773 g/mol. The van der Waals surface area contributed by atoms with Crippen molar-refractivity contribution < 1.29 is 72.0 Å². The Morgan fingerprint density at radius 3 is 1.06 bits per heavy atom. The Labute approximate surface area is 305 Å². The molecule has 0 spiro atoms. The van der Waals surface area contributed by atoms with Crippen LogP contribution in [0, 0.1) is 47.3 Å². The maximum Gasteiger partial charge on any atom is 0.490 e. The smallest absolute Gasteiger partial charge is 0.475 e. The zero-order valence-corrected chi connectivity index (χ0v) is 29.3. The molecule has 3 aromatic rings. The number of alkyl halides is 6. The summed E-state index contributed by atoms with van der Waals surface area (Å²) in [7, 11) is 0. The second kappa shape index (κ2) is 14.8. The molecule has 0 radical (unpaired) electrons. The van der Waals surface area contributed by atoms with Crippen LogP contribution in [0.25, 0.3) is 21.8 Å². The number of para-hydroxylation sites is 2. The Balaban J connectivity index is 0.000000271. The van der Waals surface area contributed by atoms with Crippen molar-refractivity contribution in [2.75, 3.05) is 0 Å². The first-order chi connectivity index (χ1) is 23.2. The molecule has 0 saturated heterocycles. The van der Waals surface area contributed by atoms with Crippen molar-refractivity contribution in [3.8, 4) is 0 Å². The zero-order chi connectivity index (χ0) is 34.8. The molecular formula is C37H43F6N2O5Pd-. The number of carboxylic acids is 2. The molecule has 8 aliphatic rings. The van der Waals surface area contributed by atoms with Crippen molar-refractivity contribution in [1.82, 2.24) is 9.13 Å². The van der Waals surface area contributed by atoms with Gasteiger partial charge in [0.25, 0.3) is 0 Å². The molecule has 8 bridgehead atoms. The Hall–Kier alpha value is -2.95. The van der Waals surface area contributed by atoms with Gasteiger partial charge < -0.3 is 24.8 Å². The van der Waals surface area contributed by atoms with Crippen molar-refractivity contribution in [2.24, 2.45) is 47.3 Å². The monoisotopic (exact) mass is 815 g/mol. The summed E-state index contributed by atoms with van der Waals surface area (Å²) in [4.78, 5) is 17.8. The standard InChI is InChI=1S/C33H39N2.2C2HF3O2.H2O.Pd/c1-3-7-30-28(5-1)29-6-2-4-8-31(29)35(33-26-15-22-10-23(17-26)18-27(33)16-22)19-34(30)32-24-11-20-9-21(13-24)14-25(32)12-20;2*3-2(4,5)1(6)7;;/h1-8,19-27,32-33H,9-18H2;2*(H,6,7);1H2;/q-1;;;;. The normalized spacial score (nSPS) is 32.5. The molecule has 11 rings (SSSR count). The van der Waals surface area contributed by atoms with Gasteiger partial charge in [-0.3, -0.25) is 0 Å². The van der Waals surface area contributed by atoms with Gasteiger partial charge in [-0.2, -0.15) is 26.3 Å². The van der Waals surface area contributed by atoms with E-state index < -0.39 is 24.3 Å². The van der Waals surface area contributed by atoms with E-state index in [4.69, 9.17) is 19.8 Å². The number of carboxylic acid groups (broad SMARTS) is 2. The van der Waals surface area contributed by atoms with Crippen LogP contribution < -0.4 is 0 Å². The number of carbonyl (C=O) groups is 2. The maximum absolute atomic E-state index is 10.6. The molecule has 0 amide bonds. The van der Waals surface area contributed by atoms with Crippen molar-refractivity contribution in [2.45, 2.75) is 88.6 Å². The van der Waals surface area contributed by atoms with Crippen molar-refractivity contribution >= 4 is 33.7 Å². The first-order valence-electron chi connectivity index (χ1n) is 17.4. The van der Waals surface area contributed by atoms with E-state index in [-0.39, 0.29) is 25.9 Å². The minimum Gasteiger partial charge on any atom is -0.475 e. The minimum absolute atomic E-state index is 0. The second-order valence-corrected chi connectivity index (χ2v) is 15.4. The van der Waals surface area contributed by atoms with Crippen LogP contribution in [0.3, 0.4) is 0 Å². The molecule has 1 aromatic heterocycles. The Morgan fingerprint density at radius 1 is 0.549 bits per heavy atom. The molecule has 8 saturated carbocycles. The molecule has 0 atom stereocenters. The summed E-state index contributed by atoms with van der Waals surface area (Å²) in [6.45, 7) is 0. The van der Waals surface area contributed by atoms with Gasteiger partial charge in [0.05, 0.1) is 0 Å². The van der Waals surface area contributed by atoms with Gasteiger partial charge in [-0.05, 0) is 129 Å². The summed E-state index contributed by atoms with van der Waals surface area (Å²) in [6, 6.07) is 20.2. The summed E-state index contributed by atoms with van der Waals surface area (Å²) < 4.78 is 69.2. The van der Waals surface area contributed by atoms with Gasteiger partial charge >= 0.3 is 24.3 Å². The number of halogens is 6. The van der Waals surface area contributed by atoms with Gasteiger partial charge in [0, 0.05) is 32.5 Å². The fourth-order valence-corrected chi connectivity index (χ4v) is 11.3. The van der Waals surface area contributed by atoms with Crippen LogP contribution in [0.5, 0.6) is 0 Å². The number of aromatic nitrogens is 2. The molecule has 0 unspecified atom stereocenters. The largest absolute Gasteiger partial charge is 0.490 e. The van der Waals surface area contributed by atoms with Crippen LogP contribution in [-0.4, -0.2) is 49.1 Å². The number of hydrogen-bond donors (Lipinski definition) is 2. The van der Waals surface area contributed by atoms with Crippen LogP contribution in [-0.2, 0) is 30.0 Å². The third kappa shape index (κ3) is 7.74. The topological polar surface area (TPSA) is 116 Å². The number of fused-ring (bicyclic) bond motifs is 3. The number of hydrogen-bond acceptors (Lipinski definition) is 2. The van der Waals surface area contributed by atoms with E-state index in [0.29, 0.717) is 12.1 Å². The number of benzene rings is 2. The maximum atomic E-state index is 10.6. The Kier molecular flexibility index (Phi) is 11.4. The van der Waals surface area contributed by atoms with Gasteiger partial charge in [-0.25, -0.2) is 9.59 Å². The first kappa shape index (κ1) is 39.3. The van der Waals surface area contributed by atoms with Crippen LogP contribution >= 0.6 is 0 Å². The van der Waals surface area contributed by atoms with Crippen molar-refractivity contribution in [1.29, 1.82) is 0 Å². The van der Waals surface area contributed by atoms with Crippen LogP contribution in [0.4, 0.5) is 26.3 Å². The summed E-state index contributed by atoms with van der Waals surface area (Å²) in [6.07, 6.45) is 7.44. The van der Waals surface area contributed by atoms with E-state index in [1.165, 1.54) is 86.0 Å². The van der Waals surface area contributed by atoms with E-state index in [2.05, 4.69) is 64.0 Å². The predicted molar refractivity (Wildman–Crippen MR) is 174 cm³/mol. The molecule has 7 nitrogen and oxygen atoms in total. The molecule has 4 N–H and O–H groups in total. The van der Waals surface area contributed by atoms with E-state index in [1.54, 1.807) is 0 Å². The summed E-state index contributed by atoms with van der Waals surface area (Å²) in [5.74, 6) is 2.12. The Morgan fingerprint density at radius 2 is 0.804 bits per heavy atom. The summed E-state index contributed by atoms with van der Waals surface area (Å²) in [5, 5.41) is 17.2. The molecule has 51 heavy (non-hydrogen) atoms. The quantitative estimate of drug-likeness (QED) is 0.153. The average molecular weight is 816 g/mol. The number of nitrogens with zero attached hydrogens (tertiary/aromatic N) is 2. The van der Waals surface area contributed by atoms with E-state index in [1.807, 2.05) is 0 Å². The third-order valence-corrected chi connectivity index (χ3v) is 12.4. The van der Waals surface area contributed by atoms with Crippen LogP contribution in [0.2, 0.25) is 0 Å². The van der Waals surface area contributed by atoms with Gasteiger partial charge in [-0.1, -0.05) is 59.3 Å². The molecule has 8 fully saturated rings. The second-order valence-electron chi connectivity index (χ2n) is 15.4. The van der Waals surface area contributed by atoms with Gasteiger partial charge in [0.1, 0.15) is 0 Å². The Bertz CT molecular complexity index is 1590. The van der Waals surface area contributed by atoms with E-state index in [9.17, 15) is 26.3 Å².